The van der Waals surface area contributed by atoms with Crippen molar-refractivity contribution in [2.75, 3.05) is 18.1 Å². The zero-order valence-corrected chi connectivity index (χ0v) is 10.4. The summed E-state index contributed by atoms with van der Waals surface area (Å²) in [6, 6.07) is 0.613. The SMILES string of the molecule is C#CC(CCC)NC(CN)C1CCSC1. The average Bonchev–Trinajstić information content (AvgIpc) is 2.77. The maximum Gasteiger partial charge on any atom is 0.0689 e. The Labute approximate surface area is 97.8 Å². The molecule has 0 aromatic heterocycles. The molecular formula is C12H22N2S. The van der Waals surface area contributed by atoms with E-state index < -0.39 is 0 Å². The second-order valence-corrected chi connectivity index (χ2v) is 5.29. The molecule has 0 amide bonds. The molecule has 1 aliphatic heterocycles. The molecule has 1 heterocycles. The quantitative estimate of drug-likeness (QED) is 0.673. The molecule has 86 valence electrons. The second-order valence-electron chi connectivity index (χ2n) is 4.14. The number of nitrogens with one attached hydrogen (secondary N) is 1. The Bertz CT molecular complexity index is 206. The van der Waals surface area contributed by atoms with Gasteiger partial charge in [0.1, 0.15) is 0 Å². The molecule has 1 fully saturated rings. The molecular weight excluding hydrogens is 204 g/mol. The summed E-state index contributed by atoms with van der Waals surface area (Å²) in [5.74, 6) is 6.04. The number of thioether (sulfide) groups is 1. The summed E-state index contributed by atoms with van der Waals surface area (Å²) < 4.78 is 0. The van der Waals surface area contributed by atoms with Gasteiger partial charge in [-0.25, -0.2) is 0 Å². The lowest BCUT2D eigenvalue weighted by atomic mass is 9.98. The fourth-order valence-electron chi connectivity index (χ4n) is 2.03. The van der Waals surface area contributed by atoms with E-state index in [2.05, 4.69) is 18.2 Å². The Morgan fingerprint density at radius 2 is 2.47 bits per heavy atom. The van der Waals surface area contributed by atoms with Crippen molar-refractivity contribution in [3.05, 3.63) is 0 Å². The van der Waals surface area contributed by atoms with Crippen LogP contribution in [0.25, 0.3) is 0 Å². The van der Waals surface area contributed by atoms with Gasteiger partial charge in [0.05, 0.1) is 6.04 Å². The third kappa shape index (κ3) is 4.06. The maximum absolute atomic E-state index is 5.81. The summed E-state index contributed by atoms with van der Waals surface area (Å²) in [6.45, 7) is 2.86. The fourth-order valence-corrected chi connectivity index (χ4v) is 3.37. The van der Waals surface area contributed by atoms with Crippen LogP contribution in [0.15, 0.2) is 0 Å². The van der Waals surface area contributed by atoms with E-state index in [9.17, 15) is 0 Å². The molecule has 0 radical (unpaired) electrons. The van der Waals surface area contributed by atoms with Gasteiger partial charge in [-0.1, -0.05) is 19.3 Å². The first-order valence-corrected chi connectivity index (χ1v) is 6.97. The molecule has 1 rings (SSSR count). The van der Waals surface area contributed by atoms with Gasteiger partial charge in [-0.3, -0.25) is 5.32 Å². The molecule has 15 heavy (non-hydrogen) atoms. The second kappa shape index (κ2) is 7.16. The van der Waals surface area contributed by atoms with Gasteiger partial charge in [-0.2, -0.15) is 11.8 Å². The minimum absolute atomic E-state index is 0.203. The topological polar surface area (TPSA) is 38.0 Å². The van der Waals surface area contributed by atoms with Crippen LogP contribution in [0.2, 0.25) is 0 Å². The lowest BCUT2D eigenvalue weighted by molar-refractivity contribution is 0.362. The van der Waals surface area contributed by atoms with E-state index in [-0.39, 0.29) is 6.04 Å². The van der Waals surface area contributed by atoms with Crippen LogP contribution in [-0.2, 0) is 0 Å². The molecule has 3 unspecified atom stereocenters. The van der Waals surface area contributed by atoms with Crippen molar-refractivity contribution < 1.29 is 0 Å². The molecule has 1 saturated heterocycles. The highest BCUT2D eigenvalue weighted by molar-refractivity contribution is 7.99. The van der Waals surface area contributed by atoms with Crippen molar-refractivity contribution in [2.45, 2.75) is 38.3 Å². The van der Waals surface area contributed by atoms with Gasteiger partial charge in [0.2, 0.25) is 0 Å². The fraction of sp³-hybridized carbons (Fsp3) is 0.833. The number of rotatable bonds is 6. The van der Waals surface area contributed by atoms with Crippen molar-refractivity contribution >= 4 is 11.8 Å². The molecule has 0 aromatic carbocycles. The molecule has 2 nitrogen and oxygen atoms in total. The van der Waals surface area contributed by atoms with Crippen LogP contribution < -0.4 is 11.1 Å². The summed E-state index contributed by atoms with van der Waals surface area (Å²) >= 11 is 2.03. The van der Waals surface area contributed by atoms with E-state index in [0.29, 0.717) is 18.5 Å². The number of hydrogen-bond acceptors (Lipinski definition) is 3. The Morgan fingerprint density at radius 3 is 2.93 bits per heavy atom. The van der Waals surface area contributed by atoms with Gasteiger partial charge < -0.3 is 5.73 Å². The standard InChI is InChI=1S/C12H22N2S/c1-3-5-11(4-2)14-12(8-13)10-6-7-15-9-10/h2,10-12,14H,3,5-9,13H2,1H3. The highest BCUT2D eigenvalue weighted by Gasteiger charge is 2.25. The highest BCUT2D eigenvalue weighted by Crippen LogP contribution is 2.26. The van der Waals surface area contributed by atoms with Crippen LogP contribution in [0.1, 0.15) is 26.2 Å². The molecule has 3 heteroatoms. The van der Waals surface area contributed by atoms with Gasteiger partial charge in [0, 0.05) is 12.6 Å². The summed E-state index contributed by atoms with van der Waals surface area (Å²) in [5.41, 5.74) is 5.81. The van der Waals surface area contributed by atoms with Gasteiger partial charge >= 0.3 is 0 Å². The number of hydrogen-bond donors (Lipinski definition) is 2. The Morgan fingerprint density at radius 1 is 1.67 bits per heavy atom. The molecule has 3 atom stereocenters. The first-order chi connectivity index (χ1) is 7.31. The molecule has 0 bridgehead atoms. The summed E-state index contributed by atoms with van der Waals surface area (Å²) in [5, 5.41) is 3.52. The third-order valence-electron chi connectivity index (χ3n) is 2.98. The van der Waals surface area contributed by atoms with Crippen LogP contribution in [0.5, 0.6) is 0 Å². The molecule has 1 aliphatic rings. The minimum atomic E-state index is 0.203. The number of nitrogens with two attached hydrogens (primary N) is 1. The zero-order chi connectivity index (χ0) is 11.1. The lowest BCUT2D eigenvalue weighted by Crippen LogP contribution is -2.47. The van der Waals surface area contributed by atoms with Crippen molar-refractivity contribution in [1.29, 1.82) is 0 Å². The molecule has 3 N–H and O–H groups in total. The van der Waals surface area contributed by atoms with Crippen LogP contribution in [-0.4, -0.2) is 30.1 Å². The van der Waals surface area contributed by atoms with Gasteiger partial charge in [0.15, 0.2) is 0 Å². The first kappa shape index (κ1) is 12.9. The van der Waals surface area contributed by atoms with Gasteiger partial charge in [0.25, 0.3) is 0 Å². The average molecular weight is 226 g/mol. The zero-order valence-electron chi connectivity index (χ0n) is 9.54. The van der Waals surface area contributed by atoms with Crippen molar-refractivity contribution in [3.63, 3.8) is 0 Å². The molecule has 0 aliphatic carbocycles. The van der Waals surface area contributed by atoms with Crippen LogP contribution in [0.4, 0.5) is 0 Å². The van der Waals surface area contributed by atoms with E-state index in [1.165, 1.54) is 17.9 Å². The number of terminal acetylenes is 1. The summed E-state index contributed by atoms with van der Waals surface area (Å²) in [4.78, 5) is 0. The van der Waals surface area contributed by atoms with E-state index in [1.54, 1.807) is 0 Å². The molecule has 0 saturated carbocycles. The van der Waals surface area contributed by atoms with E-state index in [4.69, 9.17) is 12.2 Å². The molecule has 0 aromatic rings. The van der Waals surface area contributed by atoms with Crippen molar-refractivity contribution in [2.24, 2.45) is 11.7 Å². The van der Waals surface area contributed by atoms with Crippen molar-refractivity contribution in [3.8, 4) is 12.3 Å². The Kier molecular flexibility index (Phi) is 6.16. The highest BCUT2D eigenvalue weighted by atomic mass is 32.2. The normalized spacial score (nSPS) is 24.7. The van der Waals surface area contributed by atoms with Crippen LogP contribution in [0.3, 0.4) is 0 Å². The van der Waals surface area contributed by atoms with Gasteiger partial charge in [-0.05, 0) is 30.3 Å². The molecule has 0 spiro atoms. The van der Waals surface area contributed by atoms with Crippen LogP contribution in [0, 0.1) is 18.3 Å². The predicted molar refractivity (Wildman–Crippen MR) is 68.9 cm³/mol. The van der Waals surface area contributed by atoms with E-state index in [1.807, 2.05) is 11.8 Å². The monoisotopic (exact) mass is 226 g/mol. The predicted octanol–water partition coefficient (Wildman–Crippen LogP) is 1.46. The summed E-state index contributed by atoms with van der Waals surface area (Å²) in [7, 11) is 0. The Hall–Kier alpha value is -0.170. The third-order valence-corrected chi connectivity index (χ3v) is 4.17. The van der Waals surface area contributed by atoms with Crippen LogP contribution >= 0.6 is 11.8 Å². The smallest absolute Gasteiger partial charge is 0.0689 e. The van der Waals surface area contributed by atoms with E-state index in [0.717, 1.165) is 12.8 Å². The van der Waals surface area contributed by atoms with E-state index >= 15 is 0 Å². The Balaban J connectivity index is 2.40. The lowest BCUT2D eigenvalue weighted by Gasteiger charge is -2.26. The summed E-state index contributed by atoms with van der Waals surface area (Å²) in [6.07, 6.45) is 8.95. The first-order valence-electron chi connectivity index (χ1n) is 5.81. The van der Waals surface area contributed by atoms with Gasteiger partial charge in [-0.15, -0.1) is 6.42 Å². The van der Waals surface area contributed by atoms with Crippen molar-refractivity contribution in [1.82, 2.24) is 5.32 Å². The minimum Gasteiger partial charge on any atom is -0.329 e. The largest absolute Gasteiger partial charge is 0.329 e. The maximum atomic E-state index is 5.81.